The van der Waals surface area contributed by atoms with Crippen molar-refractivity contribution in [3.05, 3.63) is 29.8 Å². The number of benzene rings is 1. The average molecular weight is 238 g/mol. The van der Waals surface area contributed by atoms with E-state index < -0.39 is 0 Å². The van der Waals surface area contributed by atoms with Gasteiger partial charge in [0, 0.05) is 18.7 Å². The molecule has 0 aromatic heterocycles. The van der Waals surface area contributed by atoms with Gasteiger partial charge in [-0.15, -0.1) is 0 Å². The van der Waals surface area contributed by atoms with E-state index in [9.17, 15) is 0 Å². The maximum Gasteiger partial charge on any atom is 0.119 e. The summed E-state index contributed by atoms with van der Waals surface area (Å²) in [6.45, 7) is 2.03. The topological polar surface area (TPSA) is 88.6 Å². The second-order valence-electron chi connectivity index (χ2n) is 3.73. The Hall–Kier alpha value is -1.43. The fourth-order valence-corrected chi connectivity index (χ4v) is 1.32. The highest BCUT2D eigenvalue weighted by Gasteiger charge is 2.08. The van der Waals surface area contributed by atoms with Crippen molar-refractivity contribution in [3.8, 4) is 5.75 Å². The van der Waals surface area contributed by atoms with Crippen molar-refractivity contribution in [1.82, 2.24) is 0 Å². The smallest absolute Gasteiger partial charge is 0.119 e. The van der Waals surface area contributed by atoms with Crippen LogP contribution >= 0.6 is 0 Å². The fourth-order valence-electron chi connectivity index (χ4n) is 1.32. The molecule has 0 bridgehead atoms. The van der Waals surface area contributed by atoms with Crippen molar-refractivity contribution in [2.24, 2.45) is 5.90 Å². The van der Waals surface area contributed by atoms with Gasteiger partial charge in [0.1, 0.15) is 18.5 Å². The first-order chi connectivity index (χ1) is 8.17. The number of hydrogen-bond donors (Lipinski definition) is 3. The molecule has 0 aliphatic heterocycles. The second kappa shape index (κ2) is 7.01. The van der Waals surface area contributed by atoms with E-state index >= 15 is 0 Å². The summed E-state index contributed by atoms with van der Waals surface area (Å²) in [6, 6.07) is 7.23. The van der Waals surface area contributed by atoms with Crippen molar-refractivity contribution in [2.75, 3.05) is 13.2 Å². The molecule has 0 fully saturated rings. The van der Waals surface area contributed by atoms with Crippen LogP contribution in [0.5, 0.6) is 5.75 Å². The Morgan fingerprint density at radius 2 is 2.06 bits per heavy atom. The number of nitrogens with two attached hydrogens (primary N) is 1. The molecule has 0 amide bonds. The van der Waals surface area contributed by atoms with Crippen LogP contribution in [0, 0.1) is 5.41 Å². The van der Waals surface area contributed by atoms with Crippen LogP contribution in [-0.4, -0.2) is 30.1 Å². The molecule has 0 saturated carbocycles. The van der Waals surface area contributed by atoms with Gasteiger partial charge in [0.2, 0.25) is 0 Å². The van der Waals surface area contributed by atoms with Gasteiger partial charge in [-0.1, -0.05) is 0 Å². The number of ether oxygens (including phenoxy) is 1. The van der Waals surface area contributed by atoms with Crippen LogP contribution in [0.2, 0.25) is 0 Å². The van der Waals surface area contributed by atoms with Gasteiger partial charge in [-0.25, -0.2) is 5.90 Å². The normalized spacial score (nSPS) is 12.2. The lowest BCUT2D eigenvalue weighted by atomic mass is 10.1. The van der Waals surface area contributed by atoms with E-state index in [1.807, 2.05) is 12.1 Å². The zero-order chi connectivity index (χ0) is 12.7. The molecule has 0 spiro atoms. The molecule has 1 aromatic carbocycles. The minimum Gasteiger partial charge on any atom is -0.491 e. The summed E-state index contributed by atoms with van der Waals surface area (Å²) in [5.74, 6) is 5.76. The Labute approximate surface area is 101 Å². The van der Waals surface area contributed by atoms with E-state index in [4.69, 9.17) is 21.1 Å². The molecule has 1 rings (SSSR count). The zero-order valence-electron chi connectivity index (χ0n) is 9.85. The average Bonchev–Trinajstić information content (AvgIpc) is 2.35. The van der Waals surface area contributed by atoms with Crippen molar-refractivity contribution in [3.63, 3.8) is 0 Å². The maximum atomic E-state index is 8.75. The quantitative estimate of drug-likeness (QED) is 0.490. The summed E-state index contributed by atoms with van der Waals surface area (Å²) in [5, 5.41) is 16.2. The minimum absolute atomic E-state index is 0.0111. The summed E-state index contributed by atoms with van der Waals surface area (Å²) in [5.41, 5.74) is 1.37. The van der Waals surface area contributed by atoms with Crippen molar-refractivity contribution >= 4 is 5.71 Å². The molecular formula is C12H18N2O3. The predicted octanol–water partition coefficient (Wildman–Crippen LogP) is 1.09. The first-order valence-electron chi connectivity index (χ1n) is 5.42. The molecular weight excluding hydrogens is 220 g/mol. The van der Waals surface area contributed by atoms with Crippen LogP contribution < -0.4 is 10.6 Å². The van der Waals surface area contributed by atoms with Crippen LogP contribution in [0.4, 0.5) is 0 Å². The minimum atomic E-state index is -0.316. The highest BCUT2D eigenvalue weighted by molar-refractivity contribution is 5.96. The standard InChI is InChI=1S/C12H18N2O3/c1-9(13)10-2-4-11(5-3-10)16-8-12(17-14)6-7-15/h2-5,12-13,15H,6-8,14H2,1H3. The van der Waals surface area contributed by atoms with Crippen LogP contribution in [0.1, 0.15) is 18.9 Å². The molecule has 0 aliphatic rings. The lowest BCUT2D eigenvalue weighted by Gasteiger charge is -2.14. The highest BCUT2D eigenvalue weighted by atomic mass is 16.6. The van der Waals surface area contributed by atoms with Crippen LogP contribution in [0.25, 0.3) is 0 Å². The summed E-state index contributed by atoms with van der Waals surface area (Å²) in [4.78, 5) is 4.66. The van der Waals surface area contributed by atoms with Crippen molar-refractivity contribution in [1.29, 1.82) is 5.41 Å². The van der Waals surface area contributed by atoms with Crippen LogP contribution in [-0.2, 0) is 4.84 Å². The van der Waals surface area contributed by atoms with Gasteiger partial charge in [0.15, 0.2) is 0 Å². The van der Waals surface area contributed by atoms with Gasteiger partial charge in [-0.2, -0.15) is 0 Å². The second-order valence-corrected chi connectivity index (χ2v) is 3.73. The molecule has 4 N–H and O–H groups in total. The number of aliphatic hydroxyl groups is 1. The molecule has 0 radical (unpaired) electrons. The maximum absolute atomic E-state index is 8.75. The van der Waals surface area contributed by atoms with Gasteiger partial charge < -0.3 is 15.3 Å². The van der Waals surface area contributed by atoms with E-state index in [0.717, 1.165) is 5.56 Å². The predicted molar refractivity (Wildman–Crippen MR) is 65.2 cm³/mol. The Bertz CT molecular complexity index is 351. The third kappa shape index (κ3) is 4.52. The van der Waals surface area contributed by atoms with E-state index in [1.54, 1.807) is 19.1 Å². The number of aliphatic hydroxyl groups excluding tert-OH is 1. The third-order valence-corrected chi connectivity index (χ3v) is 2.37. The molecule has 17 heavy (non-hydrogen) atoms. The lowest BCUT2D eigenvalue weighted by molar-refractivity contribution is 0.00491. The summed E-state index contributed by atoms with van der Waals surface area (Å²) in [6.07, 6.45) is 0.123. The van der Waals surface area contributed by atoms with E-state index in [-0.39, 0.29) is 12.7 Å². The summed E-state index contributed by atoms with van der Waals surface area (Å²) >= 11 is 0. The molecule has 5 nitrogen and oxygen atoms in total. The Kier molecular flexibility index (Phi) is 5.62. The zero-order valence-corrected chi connectivity index (χ0v) is 9.85. The Morgan fingerprint density at radius 1 is 1.41 bits per heavy atom. The van der Waals surface area contributed by atoms with Gasteiger partial charge in [-0.05, 0) is 36.8 Å². The van der Waals surface area contributed by atoms with Crippen molar-refractivity contribution in [2.45, 2.75) is 19.4 Å². The summed E-state index contributed by atoms with van der Waals surface area (Å²) < 4.78 is 5.46. The molecule has 1 atom stereocenters. The molecule has 1 unspecified atom stereocenters. The fraction of sp³-hybridized carbons (Fsp3) is 0.417. The van der Waals surface area contributed by atoms with Gasteiger partial charge >= 0.3 is 0 Å². The van der Waals surface area contributed by atoms with Crippen LogP contribution in [0.15, 0.2) is 24.3 Å². The van der Waals surface area contributed by atoms with Gasteiger partial charge in [0.05, 0.1) is 0 Å². The number of nitrogens with one attached hydrogen (secondary N) is 1. The van der Waals surface area contributed by atoms with E-state index in [2.05, 4.69) is 4.84 Å². The molecule has 5 heteroatoms. The lowest BCUT2D eigenvalue weighted by Crippen LogP contribution is -2.26. The SMILES string of the molecule is CC(=N)c1ccc(OCC(CCO)ON)cc1. The molecule has 94 valence electrons. The van der Waals surface area contributed by atoms with Gasteiger partial charge in [0.25, 0.3) is 0 Å². The van der Waals surface area contributed by atoms with E-state index in [1.165, 1.54) is 0 Å². The number of hydrogen-bond acceptors (Lipinski definition) is 5. The molecule has 0 aliphatic carbocycles. The van der Waals surface area contributed by atoms with Crippen LogP contribution in [0.3, 0.4) is 0 Å². The van der Waals surface area contributed by atoms with Crippen molar-refractivity contribution < 1.29 is 14.7 Å². The highest BCUT2D eigenvalue weighted by Crippen LogP contribution is 2.13. The monoisotopic (exact) mass is 238 g/mol. The molecule has 0 saturated heterocycles. The third-order valence-electron chi connectivity index (χ3n) is 2.37. The Morgan fingerprint density at radius 3 is 2.53 bits per heavy atom. The first kappa shape index (κ1) is 13.6. The number of rotatable bonds is 7. The molecule has 0 heterocycles. The largest absolute Gasteiger partial charge is 0.491 e. The van der Waals surface area contributed by atoms with E-state index in [0.29, 0.717) is 24.5 Å². The Balaban J connectivity index is 2.48. The van der Waals surface area contributed by atoms with Gasteiger partial charge in [-0.3, -0.25) is 4.84 Å². The summed E-state index contributed by atoms with van der Waals surface area (Å²) in [7, 11) is 0. The first-order valence-corrected chi connectivity index (χ1v) is 5.42. The molecule has 1 aromatic rings.